The van der Waals surface area contributed by atoms with Gasteiger partial charge < -0.3 is 14.9 Å². The first-order valence-corrected chi connectivity index (χ1v) is 3.36. The average molecular weight is 169 g/mol. The molecule has 12 heavy (non-hydrogen) atoms. The summed E-state index contributed by atoms with van der Waals surface area (Å²) in [5.74, 6) is -0.128. The lowest BCUT2D eigenvalue weighted by Gasteiger charge is -1.92. The number of hydrogen-bond donors (Lipinski definition) is 1. The van der Waals surface area contributed by atoms with E-state index >= 15 is 0 Å². The summed E-state index contributed by atoms with van der Waals surface area (Å²) in [6.07, 6.45) is 2.72. The first kappa shape index (κ1) is 8.38. The van der Waals surface area contributed by atoms with Gasteiger partial charge in [-0.2, -0.15) is 0 Å². The number of rotatable bonds is 4. The second-order valence-corrected chi connectivity index (χ2v) is 2.21. The summed E-state index contributed by atoms with van der Waals surface area (Å²) in [6, 6.07) is 0. The molecule has 0 unspecified atom stereocenters. The topological polar surface area (TPSA) is 88.9 Å². The molecule has 0 saturated carbocycles. The highest BCUT2D eigenvalue weighted by molar-refractivity contribution is 5.50. The zero-order valence-corrected chi connectivity index (χ0v) is 6.19. The second-order valence-electron chi connectivity index (χ2n) is 2.21. The zero-order valence-electron chi connectivity index (χ0n) is 6.19. The van der Waals surface area contributed by atoms with Crippen LogP contribution in [0.3, 0.4) is 0 Å². The molecule has 0 spiro atoms. The van der Waals surface area contributed by atoms with E-state index in [-0.39, 0.29) is 12.2 Å². The van der Waals surface area contributed by atoms with Crippen molar-refractivity contribution in [3.05, 3.63) is 21.9 Å². The number of aromatic nitrogens is 2. The molecule has 0 aliphatic carbocycles. The quantitative estimate of drug-likeness (QED) is 0.402. The summed E-state index contributed by atoms with van der Waals surface area (Å²) < 4.78 is 0. The number of carbonyl (C=O) groups excluding carboxylic acids is 1. The molecule has 1 aromatic rings. The molecule has 0 aliphatic heterocycles. The van der Waals surface area contributed by atoms with Crippen molar-refractivity contribution in [3.63, 3.8) is 0 Å². The fourth-order valence-corrected chi connectivity index (χ4v) is 0.860. The SMILES string of the molecule is O=CCCc1cn[nH]c1[N+](=O)[O-]. The van der Waals surface area contributed by atoms with E-state index in [9.17, 15) is 14.9 Å². The molecule has 0 amide bonds. The van der Waals surface area contributed by atoms with E-state index in [2.05, 4.69) is 10.2 Å². The number of H-pyrrole nitrogens is 1. The van der Waals surface area contributed by atoms with E-state index in [4.69, 9.17) is 0 Å². The summed E-state index contributed by atoms with van der Waals surface area (Å²) >= 11 is 0. The van der Waals surface area contributed by atoms with E-state index < -0.39 is 4.92 Å². The number of aromatic amines is 1. The molecule has 1 rings (SSSR count). The molecular weight excluding hydrogens is 162 g/mol. The van der Waals surface area contributed by atoms with Crippen molar-refractivity contribution in [1.82, 2.24) is 10.2 Å². The van der Waals surface area contributed by atoms with Crippen molar-refractivity contribution < 1.29 is 9.72 Å². The Balaban J connectivity index is 2.76. The Morgan fingerprint density at radius 1 is 1.75 bits per heavy atom. The van der Waals surface area contributed by atoms with Crippen LogP contribution in [0, 0.1) is 10.1 Å². The number of nitro groups is 1. The molecule has 0 saturated heterocycles. The van der Waals surface area contributed by atoms with E-state index in [1.807, 2.05) is 0 Å². The van der Waals surface area contributed by atoms with Crippen LogP contribution in [-0.2, 0) is 11.2 Å². The van der Waals surface area contributed by atoms with Crippen LogP contribution in [0.1, 0.15) is 12.0 Å². The largest absolute Gasteiger partial charge is 0.358 e. The Morgan fingerprint density at radius 3 is 3.08 bits per heavy atom. The smallest absolute Gasteiger partial charge is 0.345 e. The number of aldehydes is 1. The molecule has 0 radical (unpaired) electrons. The van der Waals surface area contributed by atoms with Gasteiger partial charge in [0.15, 0.2) is 0 Å². The molecule has 0 atom stereocenters. The highest BCUT2D eigenvalue weighted by Crippen LogP contribution is 2.14. The average Bonchev–Trinajstić information content (AvgIpc) is 2.48. The standard InChI is InChI=1S/C6H7N3O3/c10-3-1-2-5-4-7-8-6(5)9(11)12/h3-4H,1-2H2,(H,7,8). The minimum atomic E-state index is -0.548. The third-order valence-electron chi connectivity index (χ3n) is 1.41. The van der Waals surface area contributed by atoms with Crippen LogP contribution in [0.4, 0.5) is 5.82 Å². The van der Waals surface area contributed by atoms with Gasteiger partial charge in [-0.1, -0.05) is 5.10 Å². The predicted octanol–water partition coefficient (Wildman–Crippen LogP) is 0.449. The van der Waals surface area contributed by atoms with Crippen LogP contribution in [-0.4, -0.2) is 21.4 Å². The van der Waals surface area contributed by atoms with Crippen molar-refractivity contribution in [1.29, 1.82) is 0 Å². The Bertz CT molecular complexity index is 294. The molecule has 0 aliphatic rings. The maximum absolute atomic E-state index is 10.3. The van der Waals surface area contributed by atoms with Gasteiger partial charge in [0, 0.05) is 6.42 Å². The van der Waals surface area contributed by atoms with Crippen molar-refractivity contribution in [3.8, 4) is 0 Å². The third kappa shape index (κ3) is 1.66. The first-order chi connectivity index (χ1) is 5.75. The van der Waals surface area contributed by atoms with Crippen LogP contribution in [0.5, 0.6) is 0 Å². The molecular formula is C6H7N3O3. The number of aryl methyl sites for hydroxylation is 1. The molecule has 0 aromatic carbocycles. The number of carbonyl (C=O) groups is 1. The molecule has 1 N–H and O–H groups in total. The maximum atomic E-state index is 10.3. The second kappa shape index (κ2) is 3.61. The number of nitrogens with zero attached hydrogens (tertiary/aromatic N) is 2. The fourth-order valence-electron chi connectivity index (χ4n) is 0.860. The summed E-state index contributed by atoms with van der Waals surface area (Å²) in [5, 5.41) is 16.1. The van der Waals surface area contributed by atoms with Gasteiger partial charge >= 0.3 is 5.82 Å². The molecule has 64 valence electrons. The molecule has 0 fully saturated rings. The summed E-state index contributed by atoms with van der Waals surface area (Å²) in [4.78, 5) is 19.7. The minimum absolute atomic E-state index is 0.128. The lowest BCUT2D eigenvalue weighted by molar-refractivity contribution is -0.390. The fraction of sp³-hybridized carbons (Fsp3) is 0.333. The maximum Gasteiger partial charge on any atom is 0.345 e. The van der Waals surface area contributed by atoms with Crippen LogP contribution >= 0.6 is 0 Å². The van der Waals surface area contributed by atoms with Crippen molar-refractivity contribution >= 4 is 12.1 Å². The highest BCUT2D eigenvalue weighted by Gasteiger charge is 2.13. The minimum Gasteiger partial charge on any atom is -0.358 e. The third-order valence-corrected chi connectivity index (χ3v) is 1.41. The van der Waals surface area contributed by atoms with Gasteiger partial charge in [-0.25, -0.2) is 0 Å². The van der Waals surface area contributed by atoms with Gasteiger partial charge in [0.25, 0.3) is 0 Å². The summed E-state index contributed by atoms with van der Waals surface area (Å²) in [7, 11) is 0. The van der Waals surface area contributed by atoms with Crippen LogP contribution in [0.15, 0.2) is 6.20 Å². The number of nitrogens with one attached hydrogen (secondary N) is 1. The van der Waals surface area contributed by atoms with E-state index in [0.29, 0.717) is 12.0 Å². The first-order valence-electron chi connectivity index (χ1n) is 3.36. The van der Waals surface area contributed by atoms with E-state index in [1.54, 1.807) is 0 Å². The van der Waals surface area contributed by atoms with Gasteiger partial charge in [0.05, 0.1) is 11.8 Å². The van der Waals surface area contributed by atoms with Crippen molar-refractivity contribution in [2.24, 2.45) is 0 Å². The van der Waals surface area contributed by atoms with Gasteiger partial charge in [-0.05, 0) is 11.3 Å². The van der Waals surface area contributed by atoms with Crippen LogP contribution in [0.25, 0.3) is 0 Å². The zero-order chi connectivity index (χ0) is 8.97. The Labute approximate surface area is 67.7 Å². The molecule has 6 nitrogen and oxygen atoms in total. The molecule has 1 aromatic heterocycles. The van der Waals surface area contributed by atoms with Crippen LogP contribution in [0.2, 0.25) is 0 Å². The lowest BCUT2D eigenvalue weighted by atomic mass is 10.2. The van der Waals surface area contributed by atoms with Gasteiger partial charge in [-0.3, -0.25) is 0 Å². The lowest BCUT2D eigenvalue weighted by Crippen LogP contribution is -1.93. The number of hydrogen-bond acceptors (Lipinski definition) is 4. The van der Waals surface area contributed by atoms with Gasteiger partial charge in [0.1, 0.15) is 6.29 Å². The summed E-state index contributed by atoms with van der Waals surface area (Å²) in [6.45, 7) is 0. The monoisotopic (exact) mass is 169 g/mol. The Hall–Kier alpha value is -1.72. The van der Waals surface area contributed by atoms with Crippen LogP contribution < -0.4 is 0 Å². The van der Waals surface area contributed by atoms with Gasteiger partial charge in [0.2, 0.25) is 0 Å². The summed E-state index contributed by atoms with van der Waals surface area (Å²) in [5.41, 5.74) is 0.465. The molecule has 1 heterocycles. The van der Waals surface area contributed by atoms with Crippen molar-refractivity contribution in [2.45, 2.75) is 12.8 Å². The van der Waals surface area contributed by atoms with Crippen molar-refractivity contribution in [2.75, 3.05) is 0 Å². The Morgan fingerprint density at radius 2 is 2.50 bits per heavy atom. The highest BCUT2D eigenvalue weighted by atomic mass is 16.6. The van der Waals surface area contributed by atoms with E-state index in [0.717, 1.165) is 6.29 Å². The Kier molecular flexibility index (Phi) is 2.52. The molecule has 6 heteroatoms. The predicted molar refractivity (Wildman–Crippen MR) is 39.6 cm³/mol. The van der Waals surface area contributed by atoms with Gasteiger partial charge in [-0.15, -0.1) is 5.10 Å². The molecule has 0 bridgehead atoms. The normalized spacial score (nSPS) is 9.67. The van der Waals surface area contributed by atoms with E-state index in [1.165, 1.54) is 6.20 Å².